The van der Waals surface area contributed by atoms with Gasteiger partial charge in [0.2, 0.25) is 5.91 Å². The van der Waals surface area contributed by atoms with Crippen LogP contribution in [0.4, 0.5) is 5.00 Å². The summed E-state index contributed by atoms with van der Waals surface area (Å²) in [6.45, 7) is 4.37. The summed E-state index contributed by atoms with van der Waals surface area (Å²) >= 11 is 3.37. The van der Waals surface area contributed by atoms with Crippen molar-refractivity contribution in [2.45, 2.75) is 44.4 Å². The van der Waals surface area contributed by atoms with Crippen molar-refractivity contribution in [3.05, 3.63) is 45.8 Å². The lowest BCUT2D eigenvalue weighted by atomic mass is 9.88. The van der Waals surface area contributed by atoms with Crippen LogP contribution in [0.15, 0.2) is 29.2 Å². The van der Waals surface area contributed by atoms with E-state index < -0.39 is 0 Å². The Kier molecular flexibility index (Phi) is 5.82. The third-order valence-corrected chi connectivity index (χ3v) is 6.54. The molecule has 0 aliphatic heterocycles. The van der Waals surface area contributed by atoms with Crippen LogP contribution in [0, 0.1) is 17.2 Å². The van der Waals surface area contributed by atoms with E-state index >= 15 is 0 Å². The van der Waals surface area contributed by atoms with E-state index in [0.717, 1.165) is 41.1 Å². The molecule has 3 rings (SSSR count). The maximum atomic E-state index is 12.4. The van der Waals surface area contributed by atoms with E-state index in [1.54, 1.807) is 23.1 Å². The average molecular weight is 371 g/mol. The molecule has 1 aliphatic rings. The maximum absolute atomic E-state index is 12.4. The van der Waals surface area contributed by atoms with Gasteiger partial charge < -0.3 is 5.32 Å². The molecule has 1 amide bonds. The van der Waals surface area contributed by atoms with E-state index in [9.17, 15) is 10.1 Å². The number of anilines is 1. The van der Waals surface area contributed by atoms with Crippen LogP contribution in [0.3, 0.4) is 0 Å². The van der Waals surface area contributed by atoms with Gasteiger partial charge in [0.05, 0.1) is 12.0 Å². The zero-order chi connectivity index (χ0) is 17.8. The molecule has 1 aliphatic carbocycles. The lowest BCUT2D eigenvalue weighted by molar-refractivity contribution is -0.115. The molecule has 0 saturated carbocycles. The minimum atomic E-state index is -0.0564. The minimum absolute atomic E-state index is 0.0564. The molecule has 0 bridgehead atoms. The lowest BCUT2D eigenvalue weighted by Crippen LogP contribution is -2.14. The van der Waals surface area contributed by atoms with Gasteiger partial charge in [0.1, 0.15) is 11.1 Å². The summed E-state index contributed by atoms with van der Waals surface area (Å²) < 4.78 is 0. The molecule has 0 spiro atoms. The molecule has 1 N–H and O–H groups in total. The van der Waals surface area contributed by atoms with Gasteiger partial charge in [0, 0.05) is 9.77 Å². The molecule has 2 aromatic rings. The number of hydrogen-bond acceptors (Lipinski definition) is 4. The molecule has 0 saturated heterocycles. The van der Waals surface area contributed by atoms with Crippen LogP contribution in [0.1, 0.15) is 41.8 Å². The Morgan fingerprint density at radius 1 is 1.40 bits per heavy atom. The second-order valence-corrected chi connectivity index (χ2v) is 8.91. The Morgan fingerprint density at radius 3 is 2.84 bits per heavy atom. The molecule has 1 atom stereocenters. The number of benzene rings is 1. The number of thioether (sulfide) groups is 1. The van der Waals surface area contributed by atoms with Crippen molar-refractivity contribution in [2.24, 2.45) is 5.92 Å². The number of nitriles is 1. The van der Waals surface area contributed by atoms with E-state index in [0.29, 0.717) is 17.9 Å². The fourth-order valence-electron chi connectivity index (χ4n) is 3.18. The predicted octanol–water partition coefficient (Wildman–Crippen LogP) is 5.04. The number of carbonyl (C=O) groups excluding carboxylic acids is 1. The molecule has 5 heteroatoms. The Balaban J connectivity index is 1.70. The molecule has 1 heterocycles. The Labute approximate surface area is 157 Å². The number of amides is 1. The quantitative estimate of drug-likeness (QED) is 0.750. The number of fused-ring (bicyclic) bond motifs is 1. The summed E-state index contributed by atoms with van der Waals surface area (Å²) in [4.78, 5) is 14.9. The van der Waals surface area contributed by atoms with Gasteiger partial charge in [-0.3, -0.25) is 4.79 Å². The van der Waals surface area contributed by atoms with Gasteiger partial charge in [-0.2, -0.15) is 5.26 Å². The van der Waals surface area contributed by atoms with Crippen LogP contribution in [-0.4, -0.2) is 11.7 Å². The highest BCUT2D eigenvalue weighted by Crippen LogP contribution is 2.39. The fourth-order valence-corrected chi connectivity index (χ4v) is 5.22. The summed E-state index contributed by atoms with van der Waals surface area (Å²) in [5, 5.41) is 13.2. The first kappa shape index (κ1) is 18.0. The van der Waals surface area contributed by atoms with Gasteiger partial charge in [-0.05, 0) is 54.2 Å². The zero-order valence-corrected chi connectivity index (χ0v) is 16.2. The third-order valence-electron chi connectivity index (χ3n) is 4.48. The lowest BCUT2D eigenvalue weighted by Gasteiger charge is -2.17. The van der Waals surface area contributed by atoms with Crippen LogP contribution in [-0.2, 0) is 24.1 Å². The SMILES string of the molecule is CCSc1ccc(CC(=O)Nc2sc3c(c2C#N)CCC(C)C3)cc1. The molecule has 1 aromatic carbocycles. The van der Waals surface area contributed by atoms with Gasteiger partial charge in [-0.25, -0.2) is 0 Å². The first-order chi connectivity index (χ1) is 12.1. The molecule has 0 radical (unpaired) electrons. The summed E-state index contributed by atoms with van der Waals surface area (Å²) in [5.41, 5.74) is 2.82. The molecule has 1 unspecified atom stereocenters. The number of nitrogens with one attached hydrogen (secondary N) is 1. The fraction of sp³-hybridized carbons (Fsp3) is 0.400. The van der Waals surface area contributed by atoms with Crippen molar-refractivity contribution in [3.8, 4) is 6.07 Å². The summed E-state index contributed by atoms with van der Waals surface area (Å²) in [7, 11) is 0. The zero-order valence-electron chi connectivity index (χ0n) is 14.6. The Morgan fingerprint density at radius 2 is 2.16 bits per heavy atom. The van der Waals surface area contributed by atoms with Crippen molar-refractivity contribution in [1.29, 1.82) is 5.26 Å². The number of thiophene rings is 1. The smallest absolute Gasteiger partial charge is 0.229 e. The molecule has 3 nitrogen and oxygen atoms in total. The van der Waals surface area contributed by atoms with E-state index in [1.165, 1.54) is 9.77 Å². The highest BCUT2D eigenvalue weighted by atomic mass is 32.2. The minimum Gasteiger partial charge on any atom is -0.316 e. The van der Waals surface area contributed by atoms with Crippen molar-refractivity contribution < 1.29 is 4.79 Å². The molecule has 130 valence electrons. The van der Waals surface area contributed by atoms with Crippen LogP contribution >= 0.6 is 23.1 Å². The maximum Gasteiger partial charge on any atom is 0.229 e. The normalized spacial score (nSPS) is 16.1. The largest absolute Gasteiger partial charge is 0.316 e. The number of nitrogens with zero attached hydrogens (tertiary/aromatic N) is 1. The van der Waals surface area contributed by atoms with Gasteiger partial charge in [-0.15, -0.1) is 23.1 Å². The third kappa shape index (κ3) is 4.26. The average Bonchev–Trinajstić information content (AvgIpc) is 2.92. The summed E-state index contributed by atoms with van der Waals surface area (Å²) in [5.74, 6) is 1.64. The van der Waals surface area contributed by atoms with Crippen LogP contribution < -0.4 is 5.32 Å². The molecule has 0 fully saturated rings. The number of rotatable bonds is 5. The predicted molar refractivity (Wildman–Crippen MR) is 105 cm³/mol. The second kappa shape index (κ2) is 8.07. The van der Waals surface area contributed by atoms with Crippen molar-refractivity contribution in [3.63, 3.8) is 0 Å². The van der Waals surface area contributed by atoms with Crippen LogP contribution in [0.2, 0.25) is 0 Å². The highest BCUT2D eigenvalue weighted by molar-refractivity contribution is 7.99. The van der Waals surface area contributed by atoms with E-state index in [-0.39, 0.29) is 5.91 Å². The second-order valence-electron chi connectivity index (χ2n) is 6.47. The number of hydrogen-bond donors (Lipinski definition) is 1. The van der Waals surface area contributed by atoms with Gasteiger partial charge >= 0.3 is 0 Å². The standard InChI is InChI=1S/C20H22N2OS2/c1-3-24-15-7-5-14(6-8-15)11-19(23)22-20-17(12-21)16-9-4-13(2)10-18(16)25-20/h5-8,13H,3-4,9-11H2,1-2H3,(H,22,23). The molecule has 25 heavy (non-hydrogen) atoms. The van der Waals surface area contributed by atoms with Crippen LogP contribution in [0.25, 0.3) is 0 Å². The molecule has 1 aromatic heterocycles. The van der Waals surface area contributed by atoms with Crippen LogP contribution in [0.5, 0.6) is 0 Å². The number of carbonyl (C=O) groups is 1. The Hall–Kier alpha value is -1.77. The van der Waals surface area contributed by atoms with Gasteiger partial charge in [0.15, 0.2) is 0 Å². The van der Waals surface area contributed by atoms with Gasteiger partial charge in [-0.1, -0.05) is 26.0 Å². The molecular weight excluding hydrogens is 348 g/mol. The van der Waals surface area contributed by atoms with Crippen molar-refractivity contribution in [1.82, 2.24) is 0 Å². The first-order valence-corrected chi connectivity index (χ1v) is 10.5. The van der Waals surface area contributed by atoms with E-state index in [2.05, 4.69) is 37.4 Å². The Bertz CT molecular complexity index is 802. The molecular formula is C20H22N2OS2. The van der Waals surface area contributed by atoms with E-state index in [4.69, 9.17) is 0 Å². The van der Waals surface area contributed by atoms with Crippen molar-refractivity contribution >= 4 is 34.0 Å². The first-order valence-electron chi connectivity index (χ1n) is 8.67. The highest BCUT2D eigenvalue weighted by Gasteiger charge is 2.24. The summed E-state index contributed by atoms with van der Waals surface area (Å²) in [6, 6.07) is 10.4. The topological polar surface area (TPSA) is 52.9 Å². The van der Waals surface area contributed by atoms with Gasteiger partial charge in [0.25, 0.3) is 0 Å². The monoisotopic (exact) mass is 370 g/mol. The van der Waals surface area contributed by atoms with Crippen molar-refractivity contribution in [2.75, 3.05) is 11.1 Å². The van der Waals surface area contributed by atoms with E-state index in [1.807, 2.05) is 12.1 Å². The summed E-state index contributed by atoms with van der Waals surface area (Å²) in [6.07, 6.45) is 3.41.